The van der Waals surface area contributed by atoms with E-state index in [1.165, 1.54) is 19.2 Å². The molecule has 0 radical (unpaired) electrons. The van der Waals surface area contributed by atoms with Crippen molar-refractivity contribution in [3.05, 3.63) is 36.0 Å². The summed E-state index contributed by atoms with van der Waals surface area (Å²) in [6, 6.07) is 7.84. The van der Waals surface area contributed by atoms with E-state index in [0.29, 0.717) is 5.75 Å². The fourth-order valence-corrected chi connectivity index (χ4v) is 2.46. The van der Waals surface area contributed by atoms with Crippen LogP contribution in [0.2, 0.25) is 0 Å². The molecule has 2 N–H and O–H groups in total. The van der Waals surface area contributed by atoms with Crippen LogP contribution in [-0.2, 0) is 10.0 Å². The molecule has 0 unspecified atom stereocenters. The van der Waals surface area contributed by atoms with Crippen molar-refractivity contribution in [1.29, 1.82) is 0 Å². The number of sulfonamides is 1. The van der Waals surface area contributed by atoms with Crippen molar-refractivity contribution in [3.8, 4) is 5.75 Å². The Balaban J connectivity index is 2.30. The van der Waals surface area contributed by atoms with Gasteiger partial charge in [-0.1, -0.05) is 6.07 Å². The molecule has 2 aromatic rings. The second kappa shape index (κ2) is 4.69. The number of aromatic nitrogens is 2. The number of rotatable bonds is 4. The molecule has 1 heterocycles. The van der Waals surface area contributed by atoms with Crippen molar-refractivity contribution in [1.82, 2.24) is 10.2 Å². The highest BCUT2D eigenvalue weighted by molar-refractivity contribution is 7.92. The molecule has 0 amide bonds. The second-order valence-corrected chi connectivity index (χ2v) is 5.40. The van der Waals surface area contributed by atoms with Crippen molar-refractivity contribution in [3.63, 3.8) is 0 Å². The topological polar surface area (TPSA) is 84.1 Å². The van der Waals surface area contributed by atoms with Gasteiger partial charge in [0.1, 0.15) is 5.75 Å². The van der Waals surface area contributed by atoms with Crippen LogP contribution in [-0.4, -0.2) is 25.7 Å². The molecule has 0 atom stereocenters. The summed E-state index contributed by atoms with van der Waals surface area (Å²) >= 11 is 0. The molecule has 0 aliphatic rings. The van der Waals surface area contributed by atoms with Crippen molar-refractivity contribution in [2.45, 2.75) is 11.8 Å². The summed E-state index contributed by atoms with van der Waals surface area (Å²) in [7, 11) is -2.16. The summed E-state index contributed by atoms with van der Waals surface area (Å²) in [5, 5.41) is 6.49. The number of aromatic amines is 1. The number of nitrogens with one attached hydrogen (secondary N) is 2. The van der Waals surface area contributed by atoms with Gasteiger partial charge in [0.2, 0.25) is 0 Å². The first-order valence-electron chi connectivity index (χ1n) is 5.20. The van der Waals surface area contributed by atoms with E-state index in [1.807, 2.05) is 0 Å². The molecule has 0 saturated heterocycles. The molecule has 18 heavy (non-hydrogen) atoms. The average molecular weight is 267 g/mol. The van der Waals surface area contributed by atoms with Gasteiger partial charge in [0.15, 0.2) is 5.82 Å². The first-order valence-corrected chi connectivity index (χ1v) is 6.68. The minimum Gasteiger partial charge on any atom is -0.497 e. The molecule has 7 heteroatoms. The zero-order valence-corrected chi connectivity index (χ0v) is 10.8. The first-order chi connectivity index (χ1) is 8.51. The minimum absolute atomic E-state index is 0.127. The van der Waals surface area contributed by atoms with Gasteiger partial charge in [-0.05, 0) is 19.1 Å². The Bertz CT molecular complexity index is 649. The first kappa shape index (κ1) is 12.4. The van der Waals surface area contributed by atoms with Crippen molar-refractivity contribution in [2.75, 3.05) is 11.8 Å². The number of nitrogens with zero attached hydrogens (tertiary/aromatic N) is 1. The zero-order chi connectivity index (χ0) is 13.2. The van der Waals surface area contributed by atoms with E-state index < -0.39 is 10.0 Å². The number of methoxy groups -OCH3 is 1. The van der Waals surface area contributed by atoms with Gasteiger partial charge in [-0.3, -0.25) is 9.82 Å². The van der Waals surface area contributed by atoms with Gasteiger partial charge in [0, 0.05) is 17.8 Å². The normalized spacial score (nSPS) is 11.2. The lowest BCUT2D eigenvalue weighted by Gasteiger charge is -2.06. The summed E-state index contributed by atoms with van der Waals surface area (Å²) in [4.78, 5) is 0.127. The van der Waals surface area contributed by atoms with Gasteiger partial charge < -0.3 is 4.74 Å². The third-order valence-electron chi connectivity index (χ3n) is 2.30. The third kappa shape index (κ3) is 2.62. The van der Waals surface area contributed by atoms with Crippen molar-refractivity contribution in [2.24, 2.45) is 0 Å². The summed E-state index contributed by atoms with van der Waals surface area (Å²) in [5.41, 5.74) is 0.776. The maximum Gasteiger partial charge on any atom is 0.263 e. The fraction of sp³-hybridized carbons (Fsp3) is 0.182. The Labute approximate surface area is 105 Å². The van der Waals surface area contributed by atoms with Crippen LogP contribution in [0.1, 0.15) is 5.69 Å². The van der Waals surface area contributed by atoms with Crippen LogP contribution in [0.15, 0.2) is 35.2 Å². The molecule has 0 saturated carbocycles. The Morgan fingerprint density at radius 2 is 2.11 bits per heavy atom. The molecule has 2 rings (SSSR count). The monoisotopic (exact) mass is 267 g/mol. The summed E-state index contributed by atoms with van der Waals surface area (Å²) < 4.78 is 31.5. The van der Waals surface area contributed by atoms with Crippen LogP contribution >= 0.6 is 0 Å². The Hall–Kier alpha value is -2.02. The van der Waals surface area contributed by atoms with Crippen LogP contribution in [0, 0.1) is 6.92 Å². The molecule has 6 nitrogen and oxygen atoms in total. The van der Waals surface area contributed by atoms with Gasteiger partial charge in [0.25, 0.3) is 10.0 Å². The highest BCUT2D eigenvalue weighted by Gasteiger charge is 2.16. The van der Waals surface area contributed by atoms with Gasteiger partial charge >= 0.3 is 0 Å². The van der Waals surface area contributed by atoms with Gasteiger partial charge in [0.05, 0.1) is 12.0 Å². The van der Waals surface area contributed by atoms with E-state index in [2.05, 4.69) is 14.9 Å². The van der Waals surface area contributed by atoms with Crippen LogP contribution in [0.25, 0.3) is 0 Å². The SMILES string of the molecule is COc1cccc(S(=O)(=O)Nc2cc(C)[nH]n2)c1. The van der Waals surface area contributed by atoms with Crippen molar-refractivity contribution < 1.29 is 13.2 Å². The highest BCUT2D eigenvalue weighted by atomic mass is 32.2. The average Bonchev–Trinajstić information content (AvgIpc) is 2.74. The predicted molar refractivity (Wildman–Crippen MR) is 67.1 cm³/mol. The smallest absolute Gasteiger partial charge is 0.263 e. The van der Waals surface area contributed by atoms with E-state index in [-0.39, 0.29) is 10.7 Å². The second-order valence-electron chi connectivity index (χ2n) is 3.72. The molecule has 1 aromatic carbocycles. The number of H-pyrrole nitrogens is 1. The summed E-state index contributed by atoms with van der Waals surface area (Å²) in [6.45, 7) is 1.79. The van der Waals surface area contributed by atoms with Crippen molar-refractivity contribution >= 4 is 15.8 Å². The molecule has 0 aliphatic heterocycles. The molecule has 96 valence electrons. The van der Waals surface area contributed by atoms with E-state index in [9.17, 15) is 8.42 Å². The standard InChI is InChI=1S/C11H13N3O3S/c1-8-6-11(13-12-8)14-18(15,16)10-5-3-4-9(7-10)17-2/h3-7H,1-2H3,(H2,12,13,14). The molecule has 0 spiro atoms. The molecule has 0 aliphatic carbocycles. The number of benzene rings is 1. The predicted octanol–water partition coefficient (Wildman–Crippen LogP) is 1.53. The number of anilines is 1. The van der Waals surface area contributed by atoms with E-state index >= 15 is 0 Å². The van der Waals surface area contributed by atoms with Crippen LogP contribution in [0.5, 0.6) is 5.75 Å². The van der Waals surface area contributed by atoms with E-state index in [1.54, 1.807) is 25.1 Å². The number of hydrogen-bond acceptors (Lipinski definition) is 4. The van der Waals surface area contributed by atoms with Gasteiger partial charge in [-0.25, -0.2) is 8.42 Å². The van der Waals surface area contributed by atoms with Crippen LogP contribution < -0.4 is 9.46 Å². The zero-order valence-electron chi connectivity index (χ0n) is 9.97. The third-order valence-corrected chi connectivity index (χ3v) is 3.65. The highest BCUT2D eigenvalue weighted by Crippen LogP contribution is 2.19. The molecule has 0 fully saturated rings. The van der Waals surface area contributed by atoms with E-state index in [0.717, 1.165) is 5.69 Å². The minimum atomic E-state index is -3.65. The number of hydrogen-bond donors (Lipinski definition) is 2. The Morgan fingerprint density at radius 1 is 1.33 bits per heavy atom. The van der Waals surface area contributed by atoms with Gasteiger partial charge in [-0.15, -0.1) is 0 Å². The Kier molecular flexibility index (Phi) is 3.24. The lowest BCUT2D eigenvalue weighted by Crippen LogP contribution is -2.13. The quantitative estimate of drug-likeness (QED) is 0.879. The van der Waals surface area contributed by atoms with Gasteiger partial charge in [-0.2, -0.15) is 5.10 Å². The maximum atomic E-state index is 12.1. The lowest BCUT2D eigenvalue weighted by atomic mass is 10.3. The number of ether oxygens (including phenoxy) is 1. The summed E-state index contributed by atoms with van der Waals surface area (Å²) in [6.07, 6.45) is 0. The van der Waals surface area contributed by atoms with Crippen LogP contribution in [0.4, 0.5) is 5.82 Å². The molecular formula is C11H13N3O3S. The molecule has 1 aromatic heterocycles. The van der Waals surface area contributed by atoms with E-state index in [4.69, 9.17) is 4.74 Å². The maximum absolute atomic E-state index is 12.1. The molecular weight excluding hydrogens is 254 g/mol. The Morgan fingerprint density at radius 3 is 2.72 bits per heavy atom. The molecule has 0 bridgehead atoms. The van der Waals surface area contributed by atoms with Crippen LogP contribution in [0.3, 0.4) is 0 Å². The number of aryl methyl sites for hydroxylation is 1. The largest absolute Gasteiger partial charge is 0.497 e. The lowest BCUT2D eigenvalue weighted by molar-refractivity contribution is 0.413. The summed E-state index contributed by atoms with van der Waals surface area (Å²) in [5.74, 6) is 0.742. The fourth-order valence-electron chi connectivity index (χ4n) is 1.44.